The lowest BCUT2D eigenvalue weighted by Gasteiger charge is -2.35. The normalized spacial score (nSPS) is 27.1. The first-order chi connectivity index (χ1) is 10.0. The van der Waals surface area contributed by atoms with Gasteiger partial charge in [0.2, 0.25) is 0 Å². The van der Waals surface area contributed by atoms with E-state index in [0.29, 0.717) is 22.7 Å². The molecule has 1 aromatic carbocycles. The van der Waals surface area contributed by atoms with Crippen LogP contribution in [0.25, 0.3) is 5.57 Å². The topological polar surface area (TPSA) is 29.5 Å². The maximum atomic E-state index is 12.2. The second-order valence-electron chi connectivity index (χ2n) is 6.03. The van der Waals surface area contributed by atoms with E-state index < -0.39 is 0 Å². The van der Waals surface area contributed by atoms with E-state index in [0.717, 1.165) is 18.4 Å². The highest BCUT2D eigenvalue weighted by Crippen LogP contribution is 2.35. The number of fused-ring (bicyclic) bond motifs is 2. The molecule has 0 aromatic heterocycles. The Morgan fingerprint density at radius 2 is 1.77 bits per heavy atom. The van der Waals surface area contributed by atoms with Gasteiger partial charge in [0.05, 0.1) is 5.57 Å². The number of carbonyl (C=O) groups is 1. The third-order valence-electron chi connectivity index (χ3n) is 4.77. The number of hydrogen-bond acceptors (Lipinski definition) is 3. The van der Waals surface area contributed by atoms with E-state index in [9.17, 15) is 4.79 Å². The highest BCUT2D eigenvalue weighted by molar-refractivity contribution is 6.30. The van der Waals surface area contributed by atoms with Gasteiger partial charge in [0, 0.05) is 29.9 Å². The smallest absolute Gasteiger partial charge is 0.338 e. The second kappa shape index (κ2) is 7.03. The zero-order valence-electron chi connectivity index (χ0n) is 12.6. The van der Waals surface area contributed by atoms with Crippen LogP contribution in [0.3, 0.4) is 0 Å². The van der Waals surface area contributed by atoms with E-state index in [1.807, 2.05) is 0 Å². The van der Waals surface area contributed by atoms with Crippen molar-refractivity contribution in [3.63, 3.8) is 0 Å². The summed E-state index contributed by atoms with van der Waals surface area (Å²) in [6.45, 7) is 3.86. The van der Waals surface area contributed by atoms with Crippen molar-refractivity contribution < 1.29 is 9.53 Å². The van der Waals surface area contributed by atoms with Crippen LogP contribution in [-0.4, -0.2) is 36.1 Å². The van der Waals surface area contributed by atoms with E-state index in [1.54, 1.807) is 24.3 Å². The van der Waals surface area contributed by atoms with Crippen LogP contribution in [0.15, 0.2) is 30.8 Å². The number of rotatable bonds is 3. The number of nitrogens with zero attached hydrogens (tertiary/aromatic N) is 1. The van der Waals surface area contributed by atoms with Crippen LogP contribution in [0.1, 0.15) is 31.2 Å². The summed E-state index contributed by atoms with van der Waals surface area (Å²) in [6, 6.07) is 8.22. The van der Waals surface area contributed by atoms with Crippen molar-refractivity contribution in [3.8, 4) is 0 Å². The molecule has 2 bridgehead atoms. The van der Waals surface area contributed by atoms with Gasteiger partial charge in [0.25, 0.3) is 0 Å². The number of halogens is 2. The second-order valence-corrected chi connectivity index (χ2v) is 6.47. The summed E-state index contributed by atoms with van der Waals surface area (Å²) in [7, 11) is 2.17. The molecule has 0 amide bonds. The Hall–Kier alpha value is -1.03. The summed E-state index contributed by atoms with van der Waals surface area (Å²) in [6.07, 6.45) is 4.33. The maximum Gasteiger partial charge on any atom is 0.338 e. The molecule has 0 N–H and O–H groups in total. The Bertz CT molecular complexity index is 544. The molecule has 0 aliphatic carbocycles. The molecule has 3 rings (SSSR count). The van der Waals surface area contributed by atoms with Gasteiger partial charge in [-0.2, -0.15) is 0 Å². The van der Waals surface area contributed by atoms with Gasteiger partial charge >= 0.3 is 5.97 Å². The number of esters is 1. The Labute approximate surface area is 142 Å². The largest absolute Gasteiger partial charge is 0.459 e. The number of hydrogen-bond donors (Lipinski definition) is 0. The fourth-order valence-electron chi connectivity index (χ4n) is 3.45. The van der Waals surface area contributed by atoms with E-state index in [2.05, 4.69) is 18.5 Å². The molecule has 3 atom stereocenters. The quantitative estimate of drug-likeness (QED) is 0.615. The molecule has 3 nitrogen and oxygen atoms in total. The minimum atomic E-state index is -0.314. The molecule has 2 heterocycles. The van der Waals surface area contributed by atoms with Crippen molar-refractivity contribution in [1.29, 1.82) is 0 Å². The summed E-state index contributed by atoms with van der Waals surface area (Å²) in [5, 5.41) is 0.645. The molecule has 1 unspecified atom stereocenters. The number of piperidine rings is 1. The summed E-state index contributed by atoms with van der Waals surface area (Å²) < 4.78 is 5.67. The molecule has 0 saturated carbocycles. The van der Waals surface area contributed by atoms with Crippen molar-refractivity contribution in [1.82, 2.24) is 4.90 Å². The van der Waals surface area contributed by atoms with Crippen LogP contribution in [0.4, 0.5) is 0 Å². The minimum absolute atomic E-state index is 0. The first-order valence-electron chi connectivity index (χ1n) is 7.42. The third kappa shape index (κ3) is 3.48. The monoisotopic (exact) mass is 341 g/mol. The summed E-state index contributed by atoms with van der Waals surface area (Å²) >= 11 is 5.85. The predicted octanol–water partition coefficient (Wildman–Crippen LogP) is 3.94. The van der Waals surface area contributed by atoms with E-state index in [4.69, 9.17) is 16.3 Å². The molecule has 22 heavy (non-hydrogen) atoms. The van der Waals surface area contributed by atoms with Crippen molar-refractivity contribution in [2.45, 2.75) is 43.9 Å². The third-order valence-corrected chi connectivity index (χ3v) is 5.02. The number of benzene rings is 1. The molecule has 0 radical (unpaired) electrons. The summed E-state index contributed by atoms with van der Waals surface area (Å²) in [4.78, 5) is 14.7. The van der Waals surface area contributed by atoms with Gasteiger partial charge in [-0.25, -0.2) is 4.79 Å². The van der Waals surface area contributed by atoms with Crippen molar-refractivity contribution in [2.75, 3.05) is 7.05 Å². The Morgan fingerprint density at radius 1 is 1.23 bits per heavy atom. The van der Waals surface area contributed by atoms with Crippen LogP contribution in [-0.2, 0) is 9.53 Å². The van der Waals surface area contributed by atoms with E-state index in [-0.39, 0.29) is 24.5 Å². The molecule has 0 spiro atoms. The highest BCUT2D eigenvalue weighted by atomic mass is 35.5. The van der Waals surface area contributed by atoms with Crippen molar-refractivity contribution in [2.24, 2.45) is 0 Å². The number of ether oxygens (including phenoxy) is 1. The zero-order chi connectivity index (χ0) is 15.0. The van der Waals surface area contributed by atoms with Crippen LogP contribution >= 0.6 is 24.0 Å². The van der Waals surface area contributed by atoms with Gasteiger partial charge in [0.1, 0.15) is 6.10 Å². The Morgan fingerprint density at radius 3 is 2.32 bits per heavy atom. The molecular formula is C17H21Cl2NO2. The van der Waals surface area contributed by atoms with E-state index >= 15 is 0 Å². The van der Waals surface area contributed by atoms with Gasteiger partial charge in [-0.1, -0.05) is 30.3 Å². The summed E-state index contributed by atoms with van der Waals surface area (Å²) in [5.74, 6) is -0.314. The summed E-state index contributed by atoms with van der Waals surface area (Å²) in [5.41, 5.74) is 1.17. The Balaban J connectivity index is 0.00000176. The lowest BCUT2D eigenvalue weighted by molar-refractivity contribution is -0.145. The average molecular weight is 342 g/mol. The highest BCUT2D eigenvalue weighted by Gasteiger charge is 2.40. The molecule has 5 heteroatoms. The number of carbonyl (C=O) groups excluding carboxylic acids is 1. The molecule has 120 valence electrons. The molecule has 2 aliphatic rings. The lowest BCUT2D eigenvalue weighted by Crippen LogP contribution is -2.43. The van der Waals surface area contributed by atoms with Crippen LogP contribution in [0.5, 0.6) is 0 Å². The lowest BCUT2D eigenvalue weighted by atomic mass is 10.0. The fraction of sp³-hybridized carbons (Fsp3) is 0.471. The maximum absolute atomic E-state index is 12.2. The van der Waals surface area contributed by atoms with Gasteiger partial charge in [-0.05, 0) is 37.6 Å². The van der Waals surface area contributed by atoms with Crippen molar-refractivity contribution >= 4 is 35.6 Å². The molecule has 1 aromatic rings. The van der Waals surface area contributed by atoms with Crippen LogP contribution in [0.2, 0.25) is 5.02 Å². The van der Waals surface area contributed by atoms with Gasteiger partial charge in [0.15, 0.2) is 0 Å². The molecular weight excluding hydrogens is 321 g/mol. The minimum Gasteiger partial charge on any atom is -0.459 e. The van der Waals surface area contributed by atoms with Crippen LogP contribution < -0.4 is 0 Å². The fourth-order valence-corrected chi connectivity index (χ4v) is 3.58. The predicted molar refractivity (Wildman–Crippen MR) is 91.4 cm³/mol. The van der Waals surface area contributed by atoms with Gasteiger partial charge in [-0.15, -0.1) is 12.4 Å². The van der Waals surface area contributed by atoms with Gasteiger partial charge < -0.3 is 9.64 Å². The molecule has 2 aliphatic heterocycles. The Kier molecular flexibility index (Phi) is 5.54. The first kappa shape index (κ1) is 17.3. The first-order valence-corrected chi connectivity index (χ1v) is 7.80. The standard InChI is InChI=1S/C17H20ClNO2.ClH/c1-11(12-3-5-13(18)6-4-12)17(20)21-16-9-14-7-8-15(10-16)19(14)2;/h3-6,14-16H,1,7-10H2,2H3;1H/t14-,15+,16?;. The van der Waals surface area contributed by atoms with Crippen LogP contribution in [0, 0.1) is 0 Å². The average Bonchev–Trinajstić information content (AvgIpc) is 2.69. The van der Waals surface area contributed by atoms with Crippen molar-refractivity contribution in [3.05, 3.63) is 41.4 Å². The SMILES string of the molecule is C=C(C(=O)OC1C[C@H]2CC[C@@H](C1)N2C)c1ccc(Cl)cc1.Cl. The molecule has 2 saturated heterocycles. The van der Waals surface area contributed by atoms with Gasteiger partial charge in [-0.3, -0.25) is 0 Å². The van der Waals surface area contributed by atoms with E-state index in [1.165, 1.54) is 12.8 Å². The zero-order valence-corrected chi connectivity index (χ0v) is 14.2. The molecule has 2 fully saturated rings.